The number of carbonyl (C=O) groups is 1. The Morgan fingerprint density at radius 1 is 1.26 bits per heavy atom. The number of hydrogen-bond donors (Lipinski definition) is 1. The Hall–Kier alpha value is -1.63. The van der Waals surface area contributed by atoms with Crippen molar-refractivity contribution in [2.45, 2.75) is 24.6 Å². The van der Waals surface area contributed by atoms with Crippen molar-refractivity contribution in [3.63, 3.8) is 0 Å². The van der Waals surface area contributed by atoms with Gasteiger partial charge in [0.15, 0.2) is 6.29 Å². The molecule has 1 N–H and O–H groups in total. The summed E-state index contributed by atoms with van der Waals surface area (Å²) < 4.78 is 21.1. The molecule has 6 heteroatoms. The Morgan fingerprint density at radius 3 is 2.74 bits per heavy atom. The summed E-state index contributed by atoms with van der Waals surface area (Å²) >= 11 is 0. The van der Waals surface area contributed by atoms with E-state index in [-0.39, 0.29) is 31.2 Å². The van der Waals surface area contributed by atoms with Gasteiger partial charge in [-0.1, -0.05) is 18.2 Å². The molecule has 3 rings (SSSR count). The van der Waals surface area contributed by atoms with Crippen LogP contribution in [0.15, 0.2) is 30.3 Å². The van der Waals surface area contributed by atoms with Gasteiger partial charge in [0, 0.05) is 12.8 Å². The molecule has 6 nitrogen and oxygen atoms in total. The van der Waals surface area contributed by atoms with Gasteiger partial charge in [0.05, 0.1) is 0 Å². The summed E-state index contributed by atoms with van der Waals surface area (Å²) in [6.07, 6.45) is -1.15. The molecule has 102 valence electrons. The van der Waals surface area contributed by atoms with Crippen molar-refractivity contribution in [3.8, 4) is 0 Å². The Kier molecular flexibility index (Phi) is 3.37. The third kappa shape index (κ3) is 2.70. The highest BCUT2D eigenvalue weighted by atomic mass is 16.8. The Morgan fingerprint density at radius 2 is 2.05 bits per heavy atom. The smallest absolute Gasteiger partial charge is 0.411 e. The van der Waals surface area contributed by atoms with E-state index in [2.05, 4.69) is 5.32 Å². The van der Waals surface area contributed by atoms with Crippen LogP contribution in [-0.2, 0) is 18.9 Å². The first-order valence-electron chi connectivity index (χ1n) is 6.10. The quantitative estimate of drug-likeness (QED) is 0.833. The average molecular weight is 265 g/mol. The molecular weight excluding hydrogens is 250 g/mol. The molecular formula is C13H15NO5. The molecule has 1 aromatic carbocycles. The second kappa shape index (κ2) is 5.16. The van der Waals surface area contributed by atoms with E-state index >= 15 is 0 Å². The number of methoxy groups -OCH3 is 1. The van der Waals surface area contributed by atoms with Crippen LogP contribution in [-0.4, -0.2) is 44.4 Å². The van der Waals surface area contributed by atoms with E-state index in [1.54, 1.807) is 19.2 Å². The van der Waals surface area contributed by atoms with Crippen LogP contribution < -0.4 is 5.32 Å². The molecule has 1 amide bonds. The van der Waals surface area contributed by atoms with Crippen LogP contribution in [0, 0.1) is 0 Å². The fourth-order valence-corrected chi connectivity index (χ4v) is 2.14. The van der Waals surface area contributed by atoms with Crippen molar-refractivity contribution in [1.82, 2.24) is 0 Å². The molecule has 0 aliphatic carbocycles. The number of hydrogen-bond acceptors (Lipinski definition) is 5. The monoisotopic (exact) mass is 265 g/mol. The second-order valence-electron chi connectivity index (χ2n) is 4.43. The molecule has 2 aliphatic rings. The maximum Gasteiger partial charge on any atom is 0.411 e. The molecule has 0 radical (unpaired) electrons. The van der Waals surface area contributed by atoms with E-state index in [0.29, 0.717) is 5.69 Å². The van der Waals surface area contributed by atoms with Crippen molar-refractivity contribution in [2.24, 2.45) is 0 Å². The molecule has 19 heavy (non-hydrogen) atoms. The van der Waals surface area contributed by atoms with Gasteiger partial charge in [0.1, 0.15) is 24.9 Å². The van der Waals surface area contributed by atoms with Crippen LogP contribution in [0.4, 0.5) is 10.5 Å². The number of nitrogens with one attached hydrogen (secondary N) is 1. The lowest BCUT2D eigenvalue weighted by atomic mass is 10.2. The number of fused-ring (bicyclic) bond motifs is 1. The van der Waals surface area contributed by atoms with Crippen LogP contribution in [0.1, 0.15) is 0 Å². The molecule has 0 spiro atoms. The number of anilines is 1. The third-order valence-electron chi connectivity index (χ3n) is 3.14. The summed E-state index contributed by atoms with van der Waals surface area (Å²) in [5.74, 6) is 0. The van der Waals surface area contributed by atoms with Gasteiger partial charge >= 0.3 is 6.09 Å². The summed E-state index contributed by atoms with van der Waals surface area (Å²) in [7, 11) is 1.56. The average Bonchev–Trinajstić information content (AvgIpc) is 3.14. The summed E-state index contributed by atoms with van der Waals surface area (Å²) in [5, 5.41) is 2.63. The van der Waals surface area contributed by atoms with Gasteiger partial charge in [-0.05, 0) is 12.1 Å². The highest BCUT2D eigenvalue weighted by Crippen LogP contribution is 2.39. The number of epoxide rings is 1. The second-order valence-corrected chi connectivity index (χ2v) is 4.43. The molecule has 4 unspecified atom stereocenters. The number of rotatable bonds is 4. The van der Waals surface area contributed by atoms with Crippen molar-refractivity contribution in [3.05, 3.63) is 30.3 Å². The van der Waals surface area contributed by atoms with Gasteiger partial charge in [-0.15, -0.1) is 0 Å². The zero-order valence-corrected chi connectivity index (χ0v) is 10.4. The minimum absolute atomic E-state index is 0.0178. The fraction of sp³-hybridized carbons (Fsp3) is 0.462. The van der Waals surface area contributed by atoms with Crippen LogP contribution in [0.25, 0.3) is 0 Å². The Bertz CT molecular complexity index is 452. The number of carbonyl (C=O) groups excluding carboxylic acids is 1. The fourth-order valence-electron chi connectivity index (χ4n) is 2.14. The molecule has 2 aliphatic heterocycles. The van der Waals surface area contributed by atoms with Gasteiger partial charge in [-0.2, -0.15) is 0 Å². The lowest BCUT2D eigenvalue weighted by molar-refractivity contribution is -0.166. The van der Waals surface area contributed by atoms with E-state index in [4.69, 9.17) is 18.9 Å². The largest absolute Gasteiger partial charge is 0.446 e. The lowest BCUT2D eigenvalue weighted by Crippen LogP contribution is -2.28. The Labute approximate surface area is 110 Å². The number of ether oxygens (including phenoxy) is 4. The van der Waals surface area contributed by atoms with Gasteiger partial charge in [-0.3, -0.25) is 5.32 Å². The summed E-state index contributed by atoms with van der Waals surface area (Å²) in [4.78, 5) is 11.6. The first-order valence-corrected chi connectivity index (χ1v) is 6.10. The van der Waals surface area contributed by atoms with Crippen LogP contribution >= 0.6 is 0 Å². The molecule has 0 bridgehead atoms. The summed E-state index contributed by atoms with van der Waals surface area (Å²) in [6.45, 7) is 0.152. The highest BCUT2D eigenvalue weighted by Gasteiger charge is 2.58. The van der Waals surface area contributed by atoms with Crippen molar-refractivity contribution < 1.29 is 23.7 Å². The van der Waals surface area contributed by atoms with Crippen LogP contribution in [0.3, 0.4) is 0 Å². The molecule has 0 saturated carbocycles. The summed E-state index contributed by atoms with van der Waals surface area (Å²) in [6, 6.07) is 9.12. The minimum atomic E-state index is -0.507. The SMILES string of the molecule is COC1OC(COC(=O)Nc2ccccc2)C2OC12. The minimum Gasteiger partial charge on any atom is -0.446 e. The molecule has 0 aromatic heterocycles. The van der Waals surface area contributed by atoms with Gasteiger partial charge < -0.3 is 18.9 Å². The van der Waals surface area contributed by atoms with E-state index in [1.165, 1.54) is 0 Å². The van der Waals surface area contributed by atoms with E-state index < -0.39 is 6.09 Å². The number of amides is 1. The maximum absolute atomic E-state index is 11.6. The molecule has 2 fully saturated rings. The van der Waals surface area contributed by atoms with Gasteiger partial charge in [0.2, 0.25) is 0 Å². The van der Waals surface area contributed by atoms with Gasteiger partial charge in [-0.25, -0.2) is 4.79 Å². The Balaban J connectivity index is 1.44. The molecule has 2 heterocycles. The van der Waals surface area contributed by atoms with E-state index in [1.807, 2.05) is 18.2 Å². The van der Waals surface area contributed by atoms with Crippen LogP contribution in [0.2, 0.25) is 0 Å². The van der Waals surface area contributed by atoms with E-state index in [9.17, 15) is 4.79 Å². The van der Waals surface area contributed by atoms with Gasteiger partial charge in [0.25, 0.3) is 0 Å². The van der Waals surface area contributed by atoms with Crippen molar-refractivity contribution >= 4 is 11.8 Å². The molecule has 4 atom stereocenters. The lowest BCUT2D eigenvalue weighted by Gasteiger charge is -2.16. The normalized spacial score (nSPS) is 31.6. The first kappa shape index (κ1) is 12.4. The zero-order chi connectivity index (χ0) is 13.2. The predicted octanol–water partition coefficient (Wildman–Crippen LogP) is 1.37. The third-order valence-corrected chi connectivity index (χ3v) is 3.14. The topological polar surface area (TPSA) is 69.3 Å². The summed E-state index contributed by atoms with van der Waals surface area (Å²) in [5.41, 5.74) is 0.690. The standard InChI is InChI=1S/C13H15NO5/c1-16-12-11-10(19-11)9(18-12)7-17-13(15)14-8-5-3-2-4-6-8/h2-6,9-12H,7H2,1H3,(H,14,15). The predicted molar refractivity (Wildman–Crippen MR) is 65.7 cm³/mol. The molecule has 1 aromatic rings. The van der Waals surface area contributed by atoms with Crippen molar-refractivity contribution in [1.29, 1.82) is 0 Å². The van der Waals surface area contributed by atoms with Crippen LogP contribution in [0.5, 0.6) is 0 Å². The number of benzene rings is 1. The molecule has 2 saturated heterocycles. The number of para-hydroxylation sites is 1. The highest BCUT2D eigenvalue weighted by molar-refractivity contribution is 5.84. The van der Waals surface area contributed by atoms with Crippen molar-refractivity contribution in [2.75, 3.05) is 19.0 Å². The van der Waals surface area contributed by atoms with E-state index in [0.717, 1.165) is 0 Å². The zero-order valence-electron chi connectivity index (χ0n) is 10.4. The first-order chi connectivity index (χ1) is 9.28. The maximum atomic E-state index is 11.6.